The second-order valence-corrected chi connectivity index (χ2v) is 11.3. The predicted octanol–water partition coefficient (Wildman–Crippen LogP) is -8.86. The van der Waals surface area contributed by atoms with E-state index in [1.54, 1.807) is 0 Å². The van der Waals surface area contributed by atoms with Gasteiger partial charge in [-0.05, 0) is 0 Å². The molecule has 176 valence electrons. The summed E-state index contributed by atoms with van der Waals surface area (Å²) in [4.78, 5) is 0. The van der Waals surface area contributed by atoms with Crippen molar-refractivity contribution in [3.05, 3.63) is 0 Å². The van der Waals surface area contributed by atoms with E-state index in [9.17, 15) is 33.7 Å². The fraction of sp³-hybridized carbons (Fsp3) is 1.00. The number of rotatable bonds is 12. The molecule has 0 radical (unpaired) electrons. The van der Waals surface area contributed by atoms with E-state index < -0.39 is 89.7 Å². The van der Waals surface area contributed by atoms with Crippen molar-refractivity contribution in [1.29, 1.82) is 0 Å². The molecule has 0 amide bonds. The molecule has 16 nitrogen and oxygen atoms in total. The zero-order valence-corrected chi connectivity index (χ0v) is 23.4. The van der Waals surface area contributed by atoms with Crippen LogP contribution in [0.2, 0.25) is 0 Å². The van der Waals surface area contributed by atoms with Crippen molar-refractivity contribution in [2.45, 2.75) is 0 Å². The first-order valence-electron chi connectivity index (χ1n) is 6.88. The minimum atomic E-state index is -4.19. The van der Waals surface area contributed by atoms with Crippen LogP contribution < -0.4 is 59.1 Å². The largest absolute Gasteiger partial charge is 1.00 e. The molecule has 0 saturated heterocycles. The van der Waals surface area contributed by atoms with Crippen molar-refractivity contribution in [1.82, 2.24) is 10.1 Å². The Bertz CT molecular complexity index is 738. The number of nitrogens with zero attached hydrogens (tertiary/aromatic N) is 2. The Morgan fingerprint density at radius 1 is 0.467 bits per heavy atom. The molecule has 0 spiro atoms. The molecule has 0 aliphatic rings. The van der Waals surface area contributed by atoms with Gasteiger partial charge in [0, 0.05) is 26.2 Å². The van der Waals surface area contributed by atoms with Gasteiger partial charge >= 0.3 is 59.1 Å². The minimum absolute atomic E-state index is 0. The van der Waals surface area contributed by atoms with Gasteiger partial charge in [-0.3, -0.25) is 18.2 Å². The maximum absolute atomic E-state index is 10.2. The molecule has 22 heteroatoms. The summed E-state index contributed by atoms with van der Waals surface area (Å²) in [6, 6.07) is 0. The molecule has 6 N–H and O–H groups in total. The third-order valence-corrected chi connectivity index (χ3v) is 5.22. The molecule has 0 bridgehead atoms. The van der Waals surface area contributed by atoms with Gasteiger partial charge in [0.25, 0.3) is 40.5 Å². The van der Waals surface area contributed by atoms with Crippen molar-refractivity contribution in [3.8, 4) is 0 Å². The first-order valence-corrected chi connectivity index (χ1v) is 13.3. The van der Waals surface area contributed by atoms with Crippen molar-refractivity contribution >= 4 is 40.5 Å². The van der Waals surface area contributed by atoms with E-state index in [0.29, 0.717) is 10.1 Å². The van der Waals surface area contributed by atoms with Crippen LogP contribution in [0.5, 0.6) is 0 Å². The van der Waals surface area contributed by atoms with Crippen LogP contribution in [0, 0.1) is 0 Å². The fourth-order valence-electron chi connectivity index (χ4n) is 1.11. The molecular formula is C8H24N2Na2O14S4. The molecular weight excluding hydrogens is 522 g/mol. The molecule has 0 fully saturated rings. The second-order valence-electron chi connectivity index (χ2n) is 5.05. The van der Waals surface area contributed by atoms with Crippen LogP contribution in [0.1, 0.15) is 2.85 Å². The van der Waals surface area contributed by atoms with Gasteiger partial charge in [0.15, 0.2) is 0 Å². The zero-order chi connectivity index (χ0) is 22.8. The summed E-state index contributed by atoms with van der Waals surface area (Å²) in [5.74, 6) is -2.85. The van der Waals surface area contributed by atoms with Gasteiger partial charge in [0.2, 0.25) is 0 Å². The molecule has 0 heterocycles. The van der Waals surface area contributed by atoms with Gasteiger partial charge < -0.3 is 13.3 Å². The Kier molecular flexibility index (Phi) is 21.9. The van der Waals surface area contributed by atoms with Gasteiger partial charge in [0.05, 0.1) is 23.0 Å². The zero-order valence-electron chi connectivity index (χ0n) is 18.1. The maximum Gasteiger partial charge on any atom is 1.00 e. The molecule has 0 saturated carbocycles. The molecule has 30 heavy (non-hydrogen) atoms. The van der Waals surface area contributed by atoms with Crippen molar-refractivity contribution in [3.63, 3.8) is 0 Å². The van der Waals surface area contributed by atoms with E-state index in [4.69, 9.17) is 28.6 Å². The van der Waals surface area contributed by atoms with E-state index in [0.717, 1.165) is 0 Å². The van der Waals surface area contributed by atoms with E-state index in [1.807, 2.05) is 0 Å². The number of hydroxylamine groups is 4. The van der Waals surface area contributed by atoms with E-state index in [2.05, 4.69) is 0 Å². The quantitative estimate of drug-likeness (QED) is 0.0753. The standard InChI is InChI=1S/2C4H11NO7S2.2Na.2H/c2*6-5(1-3-13(7,8)9)2-4-14(10,11)12;;;;/h2*6H,1-4H2,(H,7,8,9)(H,10,11,12);;;;/q;;2*+1;2*-1. The molecule has 0 aromatic rings. The van der Waals surface area contributed by atoms with Crippen LogP contribution in [-0.2, 0) is 40.5 Å². The molecule has 0 atom stereocenters. The van der Waals surface area contributed by atoms with Gasteiger partial charge in [-0.15, -0.1) is 0 Å². The normalized spacial score (nSPS) is 12.5. The third kappa shape index (κ3) is 36.8. The van der Waals surface area contributed by atoms with Gasteiger partial charge in [-0.25, -0.2) is 0 Å². The summed E-state index contributed by atoms with van der Waals surface area (Å²) < 4.78 is 115. The molecule has 0 aliphatic heterocycles. The monoisotopic (exact) mass is 546 g/mol. The fourth-order valence-corrected chi connectivity index (χ4v) is 2.87. The second kappa shape index (κ2) is 17.0. The van der Waals surface area contributed by atoms with Crippen LogP contribution in [0.15, 0.2) is 0 Å². The Labute approximate surface area is 222 Å². The Hall–Kier alpha value is 1.48. The van der Waals surface area contributed by atoms with Crippen molar-refractivity contribution in [2.75, 3.05) is 49.2 Å². The van der Waals surface area contributed by atoms with E-state index in [1.165, 1.54) is 0 Å². The van der Waals surface area contributed by atoms with E-state index in [-0.39, 0.29) is 62.0 Å². The van der Waals surface area contributed by atoms with Crippen LogP contribution in [0.25, 0.3) is 0 Å². The minimum Gasteiger partial charge on any atom is -1.00 e. The van der Waals surface area contributed by atoms with Crippen LogP contribution in [0.3, 0.4) is 0 Å². The Balaban J connectivity index is -0.0000000939. The van der Waals surface area contributed by atoms with Crippen molar-refractivity contribution < 1.29 is 124 Å². The van der Waals surface area contributed by atoms with Crippen LogP contribution in [0.4, 0.5) is 0 Å². The molecule has 0 unspecified atom stereocenters. The summed E-state index contributed by atoms with van der Waals surface area (Å²) in [5.41, 5.74) is 0. The van der Waals surface area contributed by atoms with Gasteiger partial charge in [0.1, 0.15) is 0 Å². The predicted molar refractivity (Wildman–Crippen MR) is 94.6 cm³/mol. The van der Waals surface area contributed by atoms with Crippen molar-refractivity contribution in [2.24, 2.45) is 0 Å². The number of hydrogen-bond donors (Lipinski definition) is 6. The Morgan fingerprint density at radius 2 is 0.600 bits per heavy atom. The average molecular weight is 547 g/mol. The van der Waals surface area contributed by atoms with Crippen LogP contribution >= 0.6 is 0 Å². The van der Waals surface area contributed by atoms with Gasteiger partial charge in [-0.2, -0.15) is 43.8 Å². The molecule has 0 aromatic carbocycles. The van der Waals surface area contributed by atoms with Crippen LogP contribution in [-0.4, -0.2) is 122 Å². The summed E-state index contributed by atoms with van der Waals surface area (Å²) in [6.07, 6.45) is 0. The topological polar surface area (TPSA) is 264 Å². The molecule has 0 aromatic heterocycles. The molecule has 0 rings (SSSR count). The average Bonchev–Trinajstić information content (AvgIpc) is 2.44. The number of hydrogen-bond acceptors (Lipinski definition) is 12. The third-order valence-electron chi connectivity index (χ3n) is 2.43. The van der Waals surface area contributed by atoms with E-state index >= 15 is 0 Å². The SMILES string of the molecule is O=S(=O)(O)CCN(O)CCS(=O)(=O)O.O=S(=O)(O)CCN(O)CCS(=O)(=O)O.[H-].[H-].[Na+].[Na+]. The first-order chi connectivity index (χ1) is 12.2. The summed E-state index contributed by atoms with van der Waals surface area (Å²) in [7, 11) is -16.7. The molecule has 0 aliphatic carbocycles. The van der Waals surface area contributed by atoms with Gasteiger partial charge in [-0.1, -0.05) is 0 Å². The summed E-state index contributed by atoms with van der Waals surface area (Å²) in [6.45, 7) is -1.74. The maximum atomic E-state index is 10.2. The Morgan fingerprint density at radius 3 is 0.700 bits per heavy atom. The first kappa shape index (κ1) is 38.7. The summed E-state index contributed by atoms with van der Waals surface area (Å²) in [5, 5.41) is 18.5. The summed E-state index contributed by atoms with van der Waals surface area (Å²) >= 11 is 0. The smallest absolute Gasteiger partial charge is 1.00 e.